The summed E-state index contributed by atoms with van der Waals surface area (Å²) in [6, 6.07) is 31.2. The Hall–Kier alpha value is -3.12. The molecule has 0 heteroatoms. The van der Waals surface area contributed by atoms with E-state index in [1.807, 2.05) is 0 Å². The number of hydrogen-bond donors (Lipinski definition) is 0. The van der Waals surface area contributed by atoms with Crippen molar-refractivity contribution in [2.24, 2.45) is 0 Å². The first-order valence-electron chi connectivity index (χ1n) is 9.59. The first-order valence-corrected chi connectivity index (χ1v) is 9.59. The molecule has 0 radical (unpaired) electrons. The summed E-state index contributed by atoms with van der Waals surface area (Å²) in [7, 11) is 0. The van der Waals surface area contributed by atoms with Gasteiger partial charge in [-0.25, -0.2) is 0 Å². The fourth-order valence-electron chi connectivity index (χ4n) is 4.30. The number of hydrogen-bond acceptors (Lipinski definition) is 0. The van der Waals surface area contributed by atoms with Crippen LogP contribution >= 0.6 is 0 Å². The van der Waals surface area contributed by atoms with Crippen LogP contribution in [-0.2, 0) is 6.42 Å². The fraction of sp³-hybridized carbons (Fsp3) is 0.111. The molecule has 0 nitrogen and oxygen atoms in total. The largest absolute Gasteiger partial charge is 0.0620 e. The van der Waals surface area contributed by atoms with E-state index in [0.717, 1.165) is 6.42 Å². The van der Waals surface area contributed by atoms with Gasteiger partial charge < -0.3 is 0 Å². The molecule has 1 aliphatic carbocycles. The summed E-state index contributed by atoms with van der Waals surface area (Å²) in [5.74, 6) is 0. The molecule has 1 aliphatic rings. The molecule has 0 amide bonds. The highest BCUT2D eigenvalue weighted by molar-refractivity contribution is 5.85. The maximum Gasteiger partial charge on any atom is -0.00134 e. The van der Waals surface area contributed by atoms with Gasteiger partial charge in [0.1, 0.15) is 0 Å². The second-order valence-electron chi connectivity index (χ2n) is 7.55. The predicted molar refractivity (Wildman–Crippen MR) is 115 cm³/mol. The van der Waals surface area contributed by atoms with Crippen LogP contribution in [0, 0.1) is 13.8 Å². The Morgan fingerprint density at radius 2 is 0.926 bits per heavy atom. The molecule has 0 saturated heterocycles. The van der Waals surface area contributed by atoms with E-state index in [-0.39, 0.29) is 0 Å². The number of benzene rings is 4. The van der Waals surface area contributed by atoms with Gasteiger partial charge in [-0.2, -0.15) is 0 Å². The maximum absolute atomic E-state index is 2.38. The maximum atomic E-state index is 2.38. The van der Waals surface area contributed by atoms with Gasteiger partial charge in [-0.15, -0.1) is 0 Å². The van der Waals surface area contributed by atoms with Crippen molar-refractivity contribution in [1.82, 2.24) is 0 Å². The van der Waals surface area contributed by atoms with Crippen LogP contribution in [0.2, 0.25) is 0 Å². The van der Waals surface area contributed by atoms with Gasteiger partial charge in [-0.05, 0) is 88.0 Å². The Morgan fingerprint density at radius 1 is 0.481 bits per heavy atom. The predicted octanol–water partition coefficient (Wildman–Crippen LogP) is 7.21. The van der Waals surface area contributed by atoms with Crippen molar-refractivity contribution < 1.29 is 0 Å². The van der Waals surface area contributed by atoms with Crippen LogP contribution in [0.4, 0.5) is 0 Å². The Labute approximate surface area is 161 Å². The minimum Gasteiger partial charge on any atom is -0.0620 e. The molecule has 5 rings (SSSR count). The second kappa shape index (κ2) is 6.25. The summed E-state index contributed by atoms with van der Waals surface area (Å²) in [6.07, 6.45) is 1.03. The smallest absolute Gasteiger partial charge is 0.00134 e. The van der Waals surface area contributed by atoms with Crippen molar-refractivity contribution in [2.45, 2.75) is 20.3 Å². The van der Waals surface area contributed by atoms with E-state index in [1.165, 1.54) is 55.6 Å². The molecular formula is C27H22. The van der Waals surface area contributed by atoms with Gasteiger partial charge in [0, 0.05) is 0 Å². The fourth-order valence-corrected chi connectivity index (χ4v) is 4.30. The highest BCUT2D eigenvalue weighted by Gasteiger charge is 2.20. The molecule has 0 fully saturated rings. The van der Waals surface area contributed by atoms with E-state index < -0.39 is 0 Å². The van der Waals surface area contributed by atoms with Crippen molar-refractivity contribution in [1.29, 1.82) is 0 Å². The molecule has 0 aromatic heterocycles. The minimum atomic E-state index is 1.03. The quantitative estimate of drug-likeness (QED) is 0.317. The summed E-state index contributed by atoms with van der Waals surface area (Å²) in [4.78, 5) is 0. The van der Waals surface area contributed by atoms with E-state index in [0.29, 0.717) is 0 Å². The molecule has 0 bridgehead atoms. The van der Waals surface area contributed by atoms with Gasteiger partial charge in [0.05, 0.1) is 0 Å². The van der Waals surface area contributed by atoms with Crippen LogP contribution in [-0.4, -0.2) is 0 Å². The van der Waals surface area contributed by atoms with E-state index in [9.17, 15) is 0 Å². The molecule has 0 atom stereocenters. The van der Waals surface area contributed by atoms with E-state index >= 15 is 0 Å². The Balaban J connectivity index is 1.65. The molecule has 0 heterocycles. The molecule has 0 spiro atoms. The monoisotopic (exact) mass is 346 g/mol. The van der Waals surface area contributed by atoms with E-state index in [4.69, 9.17) is 0 Å². The Morgan fingerprint density at radius 3 is 1.37 bits per heavy atom. The van der Waals surface area contributed by atoms with Crippen molar-refractivity contribution in [3.8, 4) is 33.4 Å². The molecule has 0 saturated carbocycles. The highest BCUT2D eigenvalue weighted by Crippen LogP contribution is 2.41. The second-order valence-corrected chi connectivity index (χ2v) is 7.55. The van der Waals surface area contributed by atoms with Crippen LogP contribution in [0.15, 0.2) is 84.9 Å². The van der Waals surface area contributed by atoms with Gasteiger partial charge in [-0.1, -0.05) is 72.8 Å². The van der Waals surface area contributed by atoms with E-state index in [2.05, 4.69) is 98.8 Å². The molecular weight excluding hydrogens is 324 g/mol. The van der Waals surface area contributed by atoms with E-state index in [1.54, 1.807) is 0 Å². The van der Waals surface area contributed by atoms with Gasteiger partial charge >= 0.3 is 0 Å². The molecule has 0 unspecified atom stereocenters. The lowest BCUT2D eigenvalue weighted by molar-refractivity contribution is 1.26. The summed E-state index contributed by atoms with van der Waals surface area (Å²) in [5, 5.41) is 0. The van der Waals surface area contributed by atoms with Gasteiger partial charge in [0.25, 0.3) is 0 Å². The number of rotatable bonds is 2. The van der Waals surface area contributed by atoms with Crippen LogP contribution in [0.1, 0.15) is 22.3 Å². The van der Waals surface area contributed by atoms with Crippen LogP contribution < -0.4 is 0 Å². The van der Waals surface area contributed by atoms with Crippen molar-refractivity contribution >= 4 is 0 Å². The third-order valence-electron chi connectivity index (χ3n) is 5.80. The normalized spacial score (nSPS) is 11.9. The van der Waals surface area contributed by atoms with Crippen LogP contribution in [0.5, 0.6) is 0 Å². The minimum absolute atomic E-state index is 1.03. The lowest BCUT2D eigenvalue weighted by Gasteiger charge is -2.10. The Kier molecular flexibility index (Phi) is 3.72. The summed E-state index contributed by atoms with van der Waals surface area (Å²) in [6.45, 7) is 4.37. The van der Waals surface area contributed by atoms with Crippen molar-refractivity contribution in [2.75, 3.05) is 0 Å². The average molecular weight is 346 g/mol. The van der Waals surface area contributed by atoms with Crippen LogP contribution in [0.3, 0.4) is 0 Å². The van der Waals surface area contributed by atoms with Gasteiger partial charge in [-0.3, -0.25) is 0 Å². The van der Waals surface area contributed by atoms with Crippen LogP contribution in [0.25, 0.3) is 33.4 Å². The SMILES string of the molecule is Cc1ccccc1-c1ccc2c(c1)-c1cc(-c3ccccc3C)ccc1C2. The summed E-state index contributed by atoms with van der Waals surface area (Å²) >= 11 is 0. The van der Waals surface area contributed by atoms with Crippen molar-refractivity contribution in [3.63, 3.8) is 0 Å². The molecule has 4 aromatic carbocycles. The first kappa shape index (κ1) is 16.1. The van der Waals surface area contributed by atoms with Crippen molar-refractivity contribution in [3.05, 3.63) is 107 Å². The average Bonchev–Trinajstić information content (AvgIpc) is 3.06. The zero-order valence-corrected chi connectivity index (χ0v) is 15.8. The number of aryl methyl sites for hydroxylation is 2. The number of fused-ring (bicyclic) bond motifs is 3. The highest BCUT2D eigenvalue weighted by atomic mass is 14.2. The van der Waals surface area contributed by atoms with Gasteiger partial charge in [0.15, 0.2) is 0 Å². The molecule has 0 N–H and O–H groups in total. The molecule has 0 aliphatic heterocycles. The zero-order valence-electron chi connectivity index (χ0n) is 15.8. The summed E-state index contributed by atoms with van der Waals surface area (Å²) in [5.41, 5.74) is 13.6. The lowest BCUT2D eigenvalue weighted by atomic mass is 9.94. The standard InChI is InChI=1S/C27H22/c1-18-7-3-5-9-24(18)22-13-11-20-15-21-12-14-23(17-27(21)26(20)16-22)25-10-6-4-8-19(25)2/h3-14,16-17H,15H2,1-2H3. The molecule has 4 aromatic rings. The molecule has 130 valence electrons. The zero-order chi connectivity index (χ0) is 18.4. The Bertz CT molecular complexity index is 1070. The third-order valence-corrected chi connectivity index (χ3v) is 5.80. The third kappa shape index (κ3) is 2.69. The lowest BCUT2D eigenvalue weighted by Crippen LogP contribution is -1.86. The first-order chi connectivity index (χ1) is 13.2. The van der Waals surface area contributed by atoms with Gasteiger partial charge in [0.2, 0.25) is 0 Å². The topological polar surface area (TPSA) is 0 Å². The molecule has 27 heavy (non-hydrogen) atoms. The summed E-state index contributed by atoms with van der Waals surface area (Å²) < 4.78 is 0.